The molecule has 0 saturated heterocycles. The predicted octanol–water partition coefficient (Wildman–Crippen LogP) is 2.57. The van der Waals surface area contributed by atoms with Gasteiger partial charge in [0.15, 0.2) is 23.0 Å². The van der Waals surface area contributed by atoms with Crippen LogP contribution in [0.15, 0.2) is 30.6 Å². The molecule has 0 unspecified atom stereocenters. The number of nitrogens with one attached hydrogen (secondary N) is 1. The zero-order chi connectivity index (χ0) is 15.9. The van der Waals surface area contributed by atoms with Crippen LogP contribution < -0.4 is 14.8 Å². The summed E-state index contributed by atoms with van der Waals surface area (Å²) >= 11 is 0. The van der Waals surface area contributed by atoms with Crippen molar-refractivity contribution in [3.05, 3.63) is 41.9 Å². The highest BCUT2D eigenvalue weighted by molar-refractivity contribution is 5.48. The molecule has 0 amide bonds. The highest BCUT2D eigenvalue weighted by Gasteiger charge is 2.11. The van der Waals surface area contributed by atoms with Gasteiger partial charge in [-0.3, -0.25) is 0 Å². The Balaban J connectivity index is 2.15. The lowest BCUT2D eigenvalue weighted by Crippen LogP contribution is -2.07. The van der Waals surface area contributed by atoms with Gasteiger partial charge in [-0.05, 0) is 17.7 Å². The van der Waals surface area contributed by atoms with Crippen molar-refractivity contribution in [3.63, 3.8) is 0 Å². The van der Waals surface area contributed by atoms with Gasteiger partial charge in [-0.25, -0.2) is 9.97 Å². The van der Waals surface area contributed by atoms with Crippen molar-refractivity contribution in [3.8, 4) is 17.6 Å². The lowest BCUT2D eigenvalue weighted by molar-refractivity contribution is -0.0512. The monoisotopic (exact) mass is 306 g/mol. The molecule has 2 rings (SSSR count). The molecule has 6 nitrogen and oxygen atoms in total. The van der Waals surface area contributed by atoms with Crippen LogP contribution in [0.4, 0.5) is 14.6 Å². The summed E-state index contributed by atoms with van der Waals surface area (Å²) in [4.78, 5) is 7.86. The first-order valence-electron chi connectivity index (χ1n) is 6.20. The topological polar surface area (TPSA) is 80.1 Å². The first-order valence-corrected chi connectivity index (χ1v) is 6.20. The van der Waals surface area contributed by atoms with Crippen molar-refractivity contribution in [1.82, 2.24) is 9.97 Å². The van der Waals surface area contributed by atoms with E-state index in [0.717, 1.165) is 0 Å². The SMILES string of the molecule is COc1ccc(CNc2nccnc2C#N)cc1OC(F)F. The smallest absolute Gasteiger partial charge is 0.387 e. The van der Waals surface area contributed by atoms with E-state index in [1.807, 2.05) is 6.07 Å². The van der Waals surface area contributed by atoms with Crippen molar-refractivity contribution in [1.29, 1.82) is 5.26 Å². The minimum atomic E-state index is -2.94. The molecule has 2 aromatic rings. The number of halogens is 2. The Hall–Kier alpha value is -2.95. The largest absolute Gasteiger partial charge is 0.493 e. The summed E-state index contributed by atoms with van der Waals surface area (Å²) < 4.78 is 34.1. The number of rotatable bonds is 6. The third-order valence-corrected chi connectivity index (χ3v) is 2.71. The van der Waals surface area contributed by atoms with Gasteiger partial charge in [-0.15, -0.1) is 0 Å². The highest BCUT2D eigenvalue weighted by Crippen LogP contribution is 2.29. The molecule has 0 bridgehead atoms. The first kappa shape index (κ1) is 15.4. The summed E-state index contributed by atoms with van der Waals surface area (Å²) in [6, 6.07) is 6.55. The van der Waals surface area contributed by atoms with Crippen molar-refractivity contribution < 1.29 is 18.3 Å². The molecular formula is C14H12F2N4O2. The zero-order valence-electron chi connectivity index (χ0n) is 11.6. The number of anilines is 1. The molecule has 0 aliphatic rings. The molecule has 0 atom stereocenters. The molecular weight excluding hydrogens is 294 g/mol. The average molecular weight is 306 g/mol. The van der Waals surface area contributed by atoms with E-state index in [1.54, 1.807) is 6.07 Å². The second-order valence-corrected chi connectivity index (χ2v) is 4.08. The van der Waals surface area contributed by atoms with Crippen LogP contribution in [-0.2, 0) is 6.54 Å². The number of alkyl halides is 2. The van der Waals surface area contributed by atoms with Gasteiger partial charge in [0.1, 0.15) is 6.07 Å². The maximum absolute atomic E-state index is 12.4. The summed E-state index contributed by atoms with van der Waals surface area (Å²) in [7, 11) is 1.37. The molecule has 8 heteroatoms. The van der Waals surface area contributed by atoms with Crippen molar-refractivity contribution in [2.75, 3.05) is 12.4 Å². The molecule has 1 aromatic heterocycles. The Kier molecular flexibility index (Phi) is 5.03. The van der Waals surface area contributed by atoms with E-state index in [-0.39, 0.29) is 23.7 Å². The van der Waals surface area contributed by atoms with E-state index in [1.165, 1.54) is 31.6 Å². The van der Waals surface area contributed by atoms with Crippen LogP contribution in [0.2, 0.25) is 0 Å². The summed E-state index contributed by atoms with van der Waals surface area (Å²) in [5.74, 6) is 0.467. The lowest BCUT2D eigenvalue weighted by atomic mass is 10.2. The van der Waals surface area contributed by atoms with Crippen LogP contribution in [0.25, 0.3) is 0 Å². The molecule has 22 heavy (non-hydrogen) atoms. The quantitative estimate of drug-likeness (QED) is 0.883. The molecule has 1 aromatic carbocycles. The van der Waals surface area contributed by atoms with E-state index >= 15 is 0 Å². The predicted molar refractivity (Wildman–Crippen MR) is 73.7 cm³/mol. The van der Waals surface area contributed by atoms with Gasteiger partial charge in [0, 0.05) is 18.9 Å². The number of benzene rings is 1. The molecule has 114 valence electrons. The van der Waals surface area contributed by atoms with Gasteiger partial charge in [-0.1, -0.05) is 6.07 Å². The molecule has 0 radical (unpaired) electrons. The molecule has 0 spiro atoms. The average Bonchev–Trinajstić information content (AvgIpc) is 2.52. The summed E-state index contributed by atoms with van der Waals surface area (Å²) in [5.41, 5.74) is 0.811. The van der Waals surface area contributed by atoms with Crippen molar-refractivity contribution in [2.45, 2.75) is 13.2 Å². The molecule has 0 saturated carbocycles. The number of nitriles is 1. The van der Waals surface area contributed by atoms with Gasteiger partial charge in [0.2, 0.25) is 0 Å². The molecule has 0 fully saturated rings. The fourth-order valence-electron chi connectivity index (χ4n) is 1.75. The minimum Gasteiger partial charge on any atom is -0.493 e. The van der Waals surface area contributed by atoms with E-state index in [4.69, 9.17) is 10.00 Å². The molecule has 0 aliphatic heterocycles. The van der Waals surface area contributed by atoms with Crippen LogP contribution >= 0.6 is 0 Å². The first-order chi connectivity index (χ1) is 10.6. The van der Waals surface area contributed by atoms with Crippen LogP contribution in [0.5, 0.6) is 11.5 Å². The highest BCUT2D eigenvalue weighted by atomic mass is 19.3. The van der Waals surface area contributed by atoms with Gasteiger partial charge in [0.25, 0.3) is 0 Å². The van der Waals surface area contributed by atoms with Gasteiger partial charge >= 0.3 is 6.61 Å². The van der Waals surface area contributed by atoms with Crippen LogP contribution in [0, 0.1) is 11.3 Å². The van der Waals surface area contributed by atoms with E-state index in [9.17, 15) is 8.78 Å². The van der Waals surface area contributed by atoms with E-state index < -0.39 is 6.61 Å². The normalized spacial score (nSPS) is 10.1. The Bertz CT molecular complexity index is 689. The Morgan fingerprint density at radius 3 is 2.73 bits per heavy atom. The number of hydrogen-bond donors (Lipinski definition) is 1. The summed E-state index contributed by atoms with van der Waals surface area (Å²) in [6.45, 7) is -2.68. The zero-order valence-corrected chi connectivity index (χ0v) is 11.6. The van der Waals surface area contributed by atoms with E-state index in [2.05, 4.69) is 20.0 Å². The maximum atomic E-state index is 12.4. The van der Waals surface area contributed by atoms with Crippen LogP contribution in [-0.4, -0.2) is 23.7 Å². The number of ether oxygens (including phenoxy) is 2. The number of hydrogen-bond acceptors (Lipinski definition) is 6. The second-order valence-electron chi connectivity index (χ2n) is 4.08. The van der Waals surface area contributed by atoms with E-state index in [0.29, 0.717) is 11.4 Å². The summed E-state index contributed by atoms with van der Waals surface area (Å²) in [5, 5.41) is 11.8. The minimum absolute atomic E-state index is 0.0588. The number of methoxy groups -OCH3 is 1. The number of nitrogens with zero attached hydrogens (tertiary/aromatic N) is 3. The Morgan fingerprint density at radius 1 is 1.27 bits per heavy atom. The fourth-order valence-corrected chi connectivity index (χ4v) is 1.75. The van der Waals surface area contributed by atoms with Crippen LogP contribution in [0.3, 0.4) is 0 Å². The van der Waals surface area contributed by atoms with Gasteiger partial charge < -0.3 is 14.8 Å². The maximum Gasteiger partial charge on any atom is 0.387 e. The van der Waals surface area contributed by atoms with Crippen molar-refractivity contribution in [2.24, 2.45) is 0 Å². The number of aromatic nitrogens is 2. The standard InChI is InChI=1S/C14H12F2N4O2/c1-21-11-3-2-9(6-12(11)22-14(15)16)8-20-13-10(7-17)18-4-5-19-13/h2-6,14H,8H2,1H3,(H,19,20). The molecule has 1 N–H and O–H groups in total. The second kappa shape index (κ2) is 7.17. The third kappa shape index (κ3) is 3.79. The lowest BCUT2D eigenvalue weighted by Gasteiger charge is -2.12. The van der Waals surface area contributed by atoms with Crippen LogP contribution in [0.1, 0.15) is 11.3 Å². The third-order valence-electron chi connectivity index (χ3n) is 2.71. The molecule has 1 heterocycles. The Morgan fingerprint density at radius 2 is 2.05 bits per heavy atom. The van der Waals surface area contributed by atoms with Crippen molar-refractivity contribution >= 4 is 5.82 Å². The molecule has 0 aliphatic carbocycles. The fraction of sp³-hybridized carbons (Fsp3) is 0.214. The van der Waals surface area contributed by atoms with Gasteiger partial charge in [0.05, 0.1) is 7.11 Å². The van der Waals surface area contributed by atoms with Gasteiger partial charge in [-0.2, -0.15) is 14.0 Å². The Labute approximate surface area is 125 Å². The summed E-state index contributed by atoms with van der Waals surface area (Å²) in [6.07, 6.45) is 2.86.